The quantitative estimate of drug-likeness (QED) is 0.171. The predicted molar refractivity (Wildman–Crippen MR) is 227 cm³/mol. The first-order valence-corrected chi connectivity index (χ1v) is 18.7. The van der Waals surface area contributed by atoms with Gasteiger partial charge in [-0.15, -0.1) is 0 Å². The third-order valence-corrected chi connectivity index (χ3v) is 10.6. The van der Waals surface area contributed by atoms with Gasteiger partial charge in [0.15, 0.2) is 17.5 Å². The highest BCUT2D eigenvalue weighted by Crippen LogP contribution is 2.42. The van der Waals surface area contributed by atoms with Gasteiger partial charge in [-0.2, -0.15) is 0 Å². The molecule has 56 heavy (non-hydrogen) atoms. The van der Waals surface area contributed by atoms with Gasteiger partial charge in [-0.05, 0) is 57.6 Å². The third kappa shape index (κ3) is 5.37. The van der Waals surface area contributed by atoms with E-state index < -0.39 is 0 Å². The van der Waals surface area contributed by atoms with Crippen LogP contribution in [-0.2, 0) is 0 Å². The normalized spacial score (nSPS) is 11.6. The first-order chi connectivity index (χ1) is 27.7. The molecule has 0 amide bonds. The third-order valence-electron chi connectivity index (χ3n) is 10.6. The molecule has 0 bridgehead atoms. The molecule has 262 valence electrons. The summed E-state index contributed by atoms with van der Waals surface area (Å²) >= 11 is 0. The highest BCUT2D eigenvalue weighted by molar-refractivity contribution is 6.17. The monoisotopic (exact) mass is 717 g/mol. The lowest BCUT2D eigenvalue weighted by atomic mass is 9.95. The van der Waals surface area contributed by atoms with Crippen LogP contribution in [0.4, 0.5) is 0 Å². The van der Waals surface area contributed by atoms with E-state index >= 15 is 0 Å². The fourth-order valence-corrected chi connectivity index (χ4v) is 7.92. The van der Waals surface area contributed by atoms with Crippen molar-refractivity contribution in [2.75, 3.05) is 0 Å². The summed E-state index contributed by atoms with van der Waals surface area (Å²) < 4.78 is 12.8. The van der Waals surface area contributed by atoms with Crippen LogP contribution in [-0.4, -0.2) is 15.0 Å². The molecule has 5 nitrogen and oxygen atoms in total. The summed E-state index contributed by atoms with van der Waals surface area (Å²) in [4.78, 5) is 15.5. The average molecular weight is 718 g/mol. The zero-order valence-electron chi connectivity index (χ0n) is 30.1. The van der Waals surface area contributed by atoms with Crippen molar-refractivity contribution < 1.29 is 8.83 Å². The van der Waals surface area contributed by atoms with Crippen LogP contribution in [0.3, 0.4) is 0 Å². The van der Waals surface area contributed by atoms with Crippen LogP contribution >= 0.6 is 0 Å². The molecule has 0 radical (unpaired) electrons. The average Bonchev–Trinajstić information content (AvgIpc) is 3.86. The largest absolute Gasteiger partial charge is 0.456 e. The highest BCUT2D eigenvalue weighted by Gasteiger charge is 2.21. The lowest BCUT2D eigenvalue weighted by Crippen LogP contribution is -2.00. The van der Waals surface area contributed by atoms with Crippen molar-refractivity contribution in [1.29, 1.82) is 0 Å². The topological polar surface area (TPSA) is 65.0 Å². The van der Waals surface area contributed by atoms with Gasteiger partial charge in [-0.3, -0.25) is 0 Å². The van der Waals surface area contributed by atoms with E-state index in [0.717, 1.165) is 77.3 Å². The lowest BCUT2D eigenvalue weighted by molar-refractivity contribution is 0.668. The molecule has 0 atom stereocenters. The summed E-state index contributed by atoms with van der Waals surface area (Å²) in [5.74, 6) is 1.73. The Kier molecular flexibility index (Phi) is 7.42. The summed E-state index contributed by atoms with van der Waals surface area (Å²) in [6.07, 6.45) is 0. The van der Waals surface area contributed by atoms with Crippen molar-refractivity contribution in [3.8, 4) is 67.5 Å². The molecule has 3 aromatic heterocycles. The van der Waals surface area contributed by atoms with Gasteiger partial charge < -0.3 is 8.83 Å². The number of fused-ring (bicyclic) bond motifs is 6. The fraction of sp³-hybridized carbons (Fsp3) is 0. The molecule has 0 aliphatic rings. The maximum absolute atomic E-state index is 6.56. The minimum absolute atomic E-state index is 0.566. The number of benzene rings is 8. The van der Waals surface area contributed by atoms with E-state index in [1.165, 1.54) is 16.7 Å². The number of furan rings is 2. The number of hydrogen-bond donors (Lipinski definition) is 0. The SMILES string of the molecule is c1ccc(-c2ccc(-c3ccc(-c4cccc5oc6cccc(-c7nc(-c8ccccc8)nc(-c8cccc9oc%10ccccc%10c89)n7)c6c45)cc3)cc2)cc1. The zero-order valence-corrected chi connectivity index (χ0v) is 30.1. The van der Waals surface area contributed by atoms with Crippen LogP contribution in [0.5, 0.6) is 0 Å². The Labute approximate surface area is 322 Å². The van der Waals surface area contributed by atoms with E-state index in [-0.39, 0.29) is 0 Å². The van der Waals surface area contributed by atoms with Gasteiger partial charge in [-0.25, -0.2) is 15.0 Å². The van der Waals surface area contributed by atoms with Crippen LogP contribution in [0.2, 0.25) is 0 Å². The molecule has 3 heterocycles. The second-order valence-corrected chi connectivity index (χ2v) is 13.9. The minimum Gasteiger partial charge on any atom is -0.456 e. The van der Waals surface area contributed by atoms with Crippen molar-refractivity contribution in [3.05, 3.63) is 188 Å². The molecular weight excluding hydrogens is 687 g/mol. The Morgan fingerprint density at radius 3 is 1.25 bits per heavy atom. The first-order valence-electron chi connectivity index (χ1n) is 18.7. The van der Waals surface area contributed by atoms with Crippen molar-refractivity contribution in [2.24, 2.45) is 0 Å². The zero-order chi connectivity index (χ0) is 37.0. The molecular formula is C51H31N3O2. The summed E-state index contributed by atoms with van der Waals surface area (Å²) in [7, 11) is 0. The molecule has 5 heteroatoms. The molecule has 0 saturated heterocycles. The van der Waals surface area contributed by atoms with Crippen LogP contribution < -0.4 is 0 Å². The number of nitrogens with zero attached hydrogens (tertiary/aromatic N) is 3. The van der Waals surface area contributed by atoms with Crippen molar-refractivity contribution in [1.82, 2.24) is 15.0 Å². The molecule has 0 fully saturated rings. The lowest BCUT2D eigenvalue weighted by Gasteiger charge is -2.11. The number of aromatic nitrogens is 3. The Hall–Kier alpha value is -7.63. The summed E-state index contributed by atoms with van der Waals surface area (Å²) in [6, 6.07) is 64.6. The van der Waals surface area contributed by atoms with E-state index in [1.54, 1.807) is 0 Å². The standard InChI is InChI=1S/C51H31N3O2/c1-3-12-32(13-4-1)33-24-26-34(27-25-33)35-28-30-36(31-29-35)38-17-9-22-44-47(38)48-41(19-11-23-45(48)56-44)51-53-49(37-14-5-2-6-15-37)52-50(54-51)40-18-10-21-43-46(40)39-16-7-8-20-42(39)55-43/h1-31H. The summed E-state index contributed by atoms with van der Waals surface area (Å²) in [5, 5.41) is 3.97. The Morgan fingerprint density at radius 2 is 0.643 bits per heavy atom. The van der Waals surface area contributed by atoms with E-state index in [4.69, 9.17) is 23.8 Å². The Bertz CT molecular complexity index is 3220. The molecule has 0 saturated carbocycles. The number of rotatable bonds is 6. The molecule has 11 rings (SSSR count). The molecule has 0 aliphatic carbocycles. The minimum atomic E-state index is 0.566. The second-order valence-electron chi connectivity index (χ2n) is 13.9. The van der Waals surface area contributed by atoms with Crippen LogP contribution in [0, 0.1) is 0 Å². The summed E-state index contributed by atoms with van der Waals surface area (Å²) in [5.41, 5.74) is 12.8. The van der Waals surface area contributed by atoms with Crippen molar-refractivity contribution in [2.45, 2.75) is 0 Å². The number of para-hydroxylation sites is 1. The predicted octanol–water partition coefficient (Wildman–Crippen LogP) is 13.7. The van der Waals surface area contributed by atoms with Crippen LogP contribution in [0.1, 0.15) is 0 Å². The van der Waals surface area contributed by atoms with Gasteiger partial charge in [0.05, 0.1) is 0 Å². The van der Waals surface area contributed by atoms with Gasteiger partial charge in [-0.1, -0.05) is 164 Å². The highest BCUT2D eigenvalue weighted by atomic mass is 16.3. The van der Waals surface area contributed by atoms with E-state index in [9.17, 15) is 0 Å². The Morgan fingerprint density at radius 1 is 0.250 bits per heavy atom. The van der Waals surface area contributed by atoms with Crippen LogP contribution in [0.25, 0.3) is 111 Å². The molecule has 0 aliphatic heterocycles. The van der Waals surface area contributed by atoms with Gasteiger partial charge >= 0.3 is 0 Å². The number of hydrogen-bond acceptors (Lipinski definition) is 5. The molecule has 8 aromatic carbocycles. The van der Waals surface area contributed by atoms with E-state index in [2.05, 4.69) is 103 Å². The van der Waals surface area contributed by atoms with E-state index in [1.807, 2.05) is 84.9 Å². The van der Waals surface area contributed by atoms with Gasteiger partial charge in [0, 0.05) is 38.2 Å². The Balaban J connectivity index is 1.07. The van der Waals surface area contributed by atoms with Crippen molar-refractivity contribution >= 4 is 43.9 Å². The maximum atomic E-state index is 6.56. The van der Waals surface area contributed by atoms with Crippen molar-refractivity contribution in [3.63, 3.8) is 0 Å². The van der Waals surface area contributed by atoms with Gasteiger partial charge in [0.1, 0.15) is 22.3 Å². The summed E-state index contributed by atoms with van der Waals surface area (Å²) in [6.45, 7) is 0. The maximum Gasteiger partial charge on any atom is 0.164 e. The molecule has 0 unspecified atom stereocenters. The fourth-order valence-electron chi connectivity index (χ4n) is 7.92. The van der Waals surface area contributed by atoms with Crippen LogP contribution in [0.15, 0.2) is 197 Å². The second kappa shape index (κ2) is 13.0. The van der Waals surface area contributed by atoms with Gasteiger partial charge in [0.2, 0.25) is 0 Å². The van der Waals surface area contributed by atoms with E-state index in [0.29, 0.717) is 17.5 Å². The molecule has 11 aromatic rings. The molecule has 0 spiro atoms. The van der Waals surface area contributed by atoms with Gasteiger partial charge in [0.25, 0.3) is 0 Å². The molecule has 0 N–H and O–H groups in total. The smallest absolute Gasteiger partial charge is 0.164 e. The first kappa shape index (κ1) is 31.9.